The van der Waals surface area contributed by atoms with E-state index in [4.69, 9.17) is 0 Å². The van der Waals surface area contributed by atoms with Crippen molar-refractivity contribution in [2.45, 2.75) is 6.92 Å². The van der Waals surface area contributed by atoms with Crippen LogP contribution in [0.15, 0.2) is 90.7 Å². The minimum atomic E-state index is -0.238. The summed E-state index contributed by atoms with van der Waals surface area (Å²) >= 11 is 1.60. The lowest BCUT2D eigenvalue weighted by Crippen LogP contribution is -2.12. The summed E-state index contributed by atoms with van der Waals surface area (Å²) < 4.78 is 1.71. The SMILES string of the molecule is Cc1nc(-c2cccc(NC(=O)c3cn(-c4ccccc4)nc3-c3cccnc3)c2)cs1. The number of carbonyl (C=O) groups is 1. The molecule has 0 atom stereocenters. The summed E-state index contributed by atoms with van der Waals surface area (Å²) in [6.07, 6.45) is 5.16. The lowest BCUT2D eigenvalue weighted by molar-refractivity contribution is 0.102. The van der Waals surface area contributed by atoms with Crippen LogP contribution >= 0.6 is 11.3 Å². The molecule has 0 bridgehead atoms. The molecule has 0 saturated heterocycles. The topological polar surface area (TPSA) is 72.7 Å². The molecule has 0 unspecified atom stereocenters. The number of aromatic nitrogens is 4. The van der Waals surface area contributed by atoms with Gasteiger partial charge in [-0.2, -0.15) is 5.10 Å². The zero-order valence-electron chi connectivity index (χ0n) is 17.3. The molecule has 5 aromatic rings. The number of anilines is 1. The fraction of sp³-hybridized carbons (Fsp3) is 0.0400. The van der Waals surface area contributed by atoms with Crippen molar-refractivity contribution in [3.05, 3.63) is 101 Å². The van der Waals surface area contributed by atoms with E-state index in [1.807, 2.05) is 79.0 Å². The molecule has 2 aromatic carbocycles. The van der Waals surface area contributed by atoms with Gasteiger partial charge in [-0.1, -0.05) is 30.3 Å². The Labute approximate surface area is 189 Å². The van der Waals surface area contributed by atoms with E-state index in [1.165, 1.54) is 0 Å². The molecule has 7 heteroatoms. The van der Waals surface area contributed by atoms with E-state index in [1.54, 1.807) is 34.6 Å². The fourth-order valence-electron chi connectivity index (χ4n) is 3.42. The molecule has 0 aliphatic heterocycles. The van der Waals surface area contributed by atoms with Crippen molar-refractivity contribution >= 4 is 22.9 Å². The first-order valence-corrected chi connectivity index (χ1v) is 10.9. The molecule has 1 amide bonds. The molecule has 0 aliphatic rings. The van der Waals surface area contributed by atoms with Gasteiger partial charge in [-0.3, -0.25) is 9.78 Å². The van der Waals surface area contributed by atoms with Crippen LogP contribution < -0.4 is 5.32 Å². The quantitative estimate of drug-likeness (QED) is 0.387. The number of amides is 1. The van der Waals surface area contributed by atoms with Crippen molar-refractivity contribution in [2.24, 2.45) is 0 Å². The number of rotatable bonds is 5. The number of nitrogens with one attached hydrogen (secondary N) is 1. The lowest BCUT2D eigenvalue weighted by atomic mass is 10.1. The highest BCUT2D eigenvalue weighted by Crippen LogP contribution is 2.27. The first-order chi connectivity index (χ1) is 15.7. The van der Waals surface area contributed by atoms with Gasteiger partial charge in [0.05, 0.1) is 22.0 Å². The number of benzene rings is 2. The van der Waals surface area contributed by atoms with Crippen LogP contribution in [0.3, 0.4) is 0 Å². The fourth-order valence-corrected chi connectivity index (χ4v) is 4.04. The molecule has 3 aromatic heterocycles. The smallest absolute Gasteiger partial charge is 0.259 e. The number of aryl methyl sites for hydroxylation is 1. The highest BCUT2D eigenvalue weighted by atomic mass is 32.1. The van der Waals surface area contributed by atoms with Crippen LogP contribution in [0.4, 0.5) is 5.69 Å². The molecule has 0 fully saturated rings. The average molecular weight is 438 g/mol. The van der Waals surface area contributed by atoms with Gasteiger partial charge in [-0.05, 0) is 43.3 Å². The average Bonchev–Trinajstić information content (AvgIpc) is 3.47. The number of hydrogen-bond acceptors (Lipinski definition) is 5. The molecule has 0 radical (unpaired) electrons. The van der Waals surface area contributed by atoms with Crippen molar-refractivity contribution in [3.63, 3.8) is 0 Å². The third kappa shape index (κ3) is 4.06. The van der Waals surface area contributed by atoms with Gasteiger partial charge in [0.25, 0.3) is 5.91 Å². The molecule has 0 aliphatic carbocycles. The van der Waals surface area contributed by atoms with E-state index in [2.05, 4.69) is 20.4 Å². The maximum Gasteiger partial charge on any atom is 0.259 e. The van der Waals surface area contributed by atoms with Crippen molar-refractivity contribution in [1.29, 1.82) is 0 Å². The van der Waals surface area contributed by atoms with Crippen LogP contribution in [0, 0.1) is 6.92 Å². The van der Waals surface area contributed by atoms with Crippen LogP contribution in [0.5, 0.6) is 0 Å². The first kappa shape index (κ1) is 19.8. The number of para-hydroxylation sites is 1. The van der Waals surface area contributed by atoms with Crippen molar-refractivity contribution in [3.8, 4) is 28.2 Å². The number of pyridine rings is 1. The van der Waals surface area contributed by atoms with Gasteiger partial charge in [-0.15, -0.1) is 11.3 Å². The zero-order chi connectivity index (χ0) is 21.9. The first-order valence-electron chi connectivity index (χ1n) is 10.1. The largest absolute Gasteiger partial charge is 0.322 e. The summed E-state index contributed by atoms with van der Waals surface area (Å²) in [6.45, 7) is 1.98. The summed E-state index contributed by atoms with van der Waals surface area (Å²) in [6, 6.07) is 21.1. The van der Waals surface area contributed by atoms with E-state index in [0.717, 1.165) is 27.5 Å². The van der Waals surface area contributed by atoms with Gasteiger partial charge < -0.3 is 5.32 Å². The second kappa shape index (κ2) is 8.56. The molecule has 6 nitrogen and oxygen atoms in total. The predicted octanol–water partition coefficient (Wildman–Crippen LogP) is 5.62. The Balaban J connectivity index is 1.50. The summed E-state index contributed by atoms with van der Waals surface area (Å²) in [5.41, 5.74) is 5.25. The molecule has 156 valence electrons. The molecule has 32 heavy (non-hydrogen) atoms. The molecule has 0 saturated carbocycles. The Morgan fingerprint density at radius 3 is 2.59 bits per heavy atom. The van der Waals surface area contributed by atoms with E-state index >= 15 is 0 Å². The van der Waals surface area contributed by atoms with Crippen LogP contribution in [-0.2, 0) is 0 Å². The van der Waals surface area contributed by atoms with Crippen LogP contribution in [0.1, 0.15) is 15.4 Å². The van der Waals surface area contributed by atoms with Gasteiger partial charge in [0.15, 0.2) is 0 Å². The number of carbonyl (C=O) groups excluding carboxylic acids is 1. The third-order valence-electron chi connectivity index (χ3n) is 4.95. The maximum atomic E-state index is 13.3. The van der Waals surface area contributed by atoms with Gasteiger partial charge >= 0.3 is 0 Å². The van der Waals surface area contributed by atoms with Gasteiger partial charge in [0.2, 0.25) is 0 Å². The molecule has 3 heterocycles. The summed E-state index contributed by atoms with van der Waals surface area (Å²) in [7, 11) is 0. The van der Waals surface area contributed by atoms with Crippen molar-refractivity contribution in [1.82, 2.24) is 19.7 Å². The van der Waals surface area contributed by atoms with Crippen LogP contribution in [0.2, 0.25) is 0 Å². The lowest BCUT2D eigenvalue weighted by Gasteiger charge is -2.07. The molecular weight excluding hydrogens is 418 g/mol. The number of nitrogens with zero attached hydrogens (tertiary/aromatic N) is 4. The predicted molar refractivity (Wildman–Crippen MR) is 127 cm³/mol. The standard InChI is InChI=1S/C25H19N5OS/c1-17-27-23(16-32-17)18-7-5-9-20(13-18)28-25(31)22-15-30(21-10-3-2-4-11-21)29-24(22)19-8-6-12-26-14-19/h2-16H,1H3,(H,28,31). The van der Waals surface area contributed by atoms with E-state index in [9.17, 15) is 4.79 Å². The summed E-state index contributed by atoms with van der Waals surface area (Å²) in [4.78, 5) is 22.0. The zero-order valence-corrected chi connectivity index (χ0v) is 18.1. The number of hydrogen-bond donors (Lipinski definition) is 1. The van der Waals surface area contributed by atoms with Gasteiger partial charge in [0, 0.05) is 40.8 Å². The van der Waals surface area contributed by atoms with Crippen molar-refractivity contribution < 1.29 is 4.79 Å². The monoisotopic (exact) mass is 437 g/mol. The normalized spacial score (nSPS) is 10.8. The van der Waals surface area contributed by atoms with Crippen LogP contribution in [-0.4, -0.2) is 25.7 Å². The minimum absolute atomic E-state index is 0.238. The Morgan fingerprint density at radius 1 is 1.00 bits per heavy atom. The Morgan fingerprint density at radius 2 is 1.84 bits per heavy atom. The van der Waals surface area contributed by atoms with E-state index in [-0.39, 0.29) is 5.91 Å². The highest BCUT2D eigenvalue weighted by molar-refractivity contribution is 7.09. The maximum absolute atomic E-state index is 13.3. The van der Waals surface area contributed by atoms with Crippen molar-refractivity contribution in [2.75, 3.05) is 5.32 Å². The Bertz CT molecular complexity index is 1380. The molecule has 1 N–H and O–H groups in total. The number of thiazole rings is 1. The second-order valence-electron chi connectivity index (χ2n) is 7.20. The highest BCUT2D eigenvalue weighted by Gasteiger charge is 2.19. The molecule has 5 rings (SSSR count). The Kier molecular flexibility index (Phi) is 5.31. The molecule has 0 spiro atoms. The van der Waals surface area contributed by atoms with E-state index in [0.29, 0.717) is 16.9 Å². The van der Waals surface area contributed by atoms with Crippen LogP contribution in [0.25, 0.3) is 28.2 Å². The van der Waals surface area contributed by atoms with E-state index < -0.39 is 0 Å². The minimum Gasteiger partial charge on any atom is -0.322 e. The summed E-state index contributed by atoms with van der Waals surface area (Å²) in [5, 5.41) is 10.7. The van der Waals surface area contributed by atoms with Gasteiger partial charge in [0.1, 0.15) is 5.69 Å². The summed E-state index contributed by atoms with van der Waals surface area (Å²) in [5.74, 6) is -0.238. The molecular formula is C25H19N5OS. The second-order valence-corrected chi connectivity index (χ2v) is 8.26. The third-order valence-corrected chi connectivity index (χ3v) is 5.72. The Hall–Kier alpha value is -4.10. The van der Waals surface area contributed by atoms with Gasteiger partial charge in [-0.25, -0.2) is 9.67 Å².